The normalized spacial score (nSPS) is 10.0. The lowest BCUT2D eigenvalue weighted by atomic mass is 10.3. The van der Waals surface area contributed by atoms with Crippen molar-refractivity contribution in [3.8, 4) is 6.07 Å². The van der Waals surface area contributed by atoms with Crippen molar-refractivity contribution in [2.45, 2.75) is 18.4 Å². The predicted molar refractivity (Wildman–Crippen MR) is 79.8 cm³/mol. The molecule has 20 heavy (non-hydrogen) atoms. The second-order valence-corrected chi connectivity index (χ2v) is 5.88. The summed E-state index contributed by atoms with van der Waals surface area (Å²) in [7, 11) is 0. The van der Waals surface area contributed by atoms with Crippen LogP contribution >= 0.6 is 23.1 Å². The molecule has 0 saturated carbocycles. The summed E-state index contributed by atoms with van der Waals surface area (Å²) in [5, 5.41) is 14.8. The summed E-state index contributed by atoms with van der Waals surface area (Å²) < 4.78 is 0. The highest BCUT2D eigenvalue weighted by Crippen LogP contribution is 2.21. The number of pyridine rings is 1. The Morgan fingerprint density at radius 1 is 1.55 bits per heavy atom. The smallest absolute Gasteiger partial charge is 0.226 e. The summed E-state index contributed by atoms with van der Waals surface area (Å²) >= 11 is 2.80. The maximum Gasteiger partial charge on any atom is 0.226 e. The van der Waals surface area contributed by atoms with Gasteiger partial charge in [0.2, 0.25) is 5.91 Å². The molecule has 2 aromatic heterocycles. The second kappa shape index (κ2) is 7.03. The lowest BCUT2D eigenvalue weighted by Gasteiger charge is -2.04. The number of amides is 1. The Morgan fingerprint density at radius 3 is 3.10 bits per heavy atom. The largest absolute Gasteiger partial charge is 0.302 e. The first-order chi connectivity index (χ1) is 9.69. The molecule has 1 N–H and O–H groups in total. The Bertz CT molecular complexity index is 634. The molecule has 1 amide bonds. The average molecular weight is 304 g/mol. The van der Waals surface area contributed by atoms with Crippen LogP contribution in [0.2, 0.25) is 0 Å². The standard InChI is InChI=1S/C13H12N4OS2/c1-9-2-3-10(8-14)12(16-9)19-6-4-11(18)17-13-15-5-7-20-13/h2-3,5,7H,4,6H2,1H3,(H,15,17,18). The number of thiazole rings is 1. The number of hydrogen-bond acceptors (Lipinski definition) is 6. The molecule has 0 bridgehead atoms. The molecule has 0 saturated heterocycles. The van der Waals surface area contributed by atoms with Gasteiger partial charge in [-0.1, -0.05) is 0 Å². The Balaban J connectivity index is 1.85. The first-order valence-corrected chi connectivity index (χ1v) is 7.75. The summed E-state index contributed by atoms with van der Waals surface area (Å²) in [5.41, 5.74) is 1.40. The van der Waals surface area contributed by atoms with Gasteiger partial charge in [-0.15, -0.1) is 23.1 Å². The Hall–Kier alpha value is -1.91. The molecule has 2 rings (SSSR count). The molecule has 0 atom stereocenters. The number of carbonyl (C=O) groups excluding carboxylic acids is 1. The van der Waals surface area contributed by atoms with Crippen molar-refractivity contribution in [1.29, 1.82) is 5.26 Å². The van der Waals surface area contributed by atoms with E-state index in [9.17, 15) is 4.79 Å². The van der Waals surface area contributed by atoms with E-state index in [1.54, 1.807) is 23.7 Å². The lowest BCUT2D eigenvalue weighted by molar-refractivity contribution is -0.115. The van der Waals surface area contributed by atoms with Crippen molar-refractivity contribution < 1.29 is 4.79 Å². The molecular formula is C13H12N4OS2. The van der Waals surface area contributed by atoms with Crippen molar-refractivity contribution in [2.75, 3.05) is 11.1 Å². The van der Waals surface area contributed by atoms with Crippen LogP contribution in [0.3, 0.4) is 0 Å². The summed E-state index contributed by atoms with van der Waals surface area (Å²) in [6.07, 6.45) is 2.00. The van der Waals surface area contributed by atoms with Gasteiger partial charge in [0, 0.05) is 29.4 Å². The van der Waals surface area contributed by atoms with Crippen LogP contribution < -0.4 is 5.32 Å². The lowest BCUT2D eigenvalue weighted by Crippen LogP contribution is -2.11. The fraction of sp³-hybridized carbons (Fsp3) is 0.231. The maximum absolute atomic E-state index is 11.7. The van der Waals surface area contributed by atoms with Gasteiger partial charge in [-0.2, -0.15) is 5.26 Å². The van der Waals surface area contributed by atoms with Crippen molar-refractivity contribution >= 4 is 34.1 Å². The number of thioether (sulfide) groups is 1. The highest BCUT2D eigenvalue weighted by atomic mass is 32.2. The molecule has 0 aliphatic rings. The number of hydrogen-bond donors (Lipinski definition) is 1. The van der Waals surface area contributed by atoms with E-state index in [4.69, 9.17) is 5.26 Å². The van der Waals surface area contributed by atoms with Crippen LogP contribution in [0.25, 0.3) is 0 Å². The number of aromatic nitrogens is 2. The molecule has 0 radical (unpaired) electrons. The van der Waals surface area contributed by atoms with E-state index in [1.807, 2.05) is 6.92 Å². The van der Waals surface area contributed by atoms with Crippen molar-refractivity contribution in [3.05, 3.63) is 35.0 Å². The molecule has 0 fully saturated rings. The van der Waals surface area contributed by atoms with E-state index in [1.165, 1.54) is 23.1 Å². The fourth-order valence-electron chi connectivity index (χ4n) is 1.44. The number of aryl methyl sites for hydroxylation is 1. The van der Waals surface area contributed by atoms with Gasteiger partial charge >= 0.3 is 0 Å². The molecule has 5 nitrogen and oxygen atoms in total. The topological polar surface area (TPSA) is 78.7 Å². The van der Waals surface area contributed by atoms with Crippen LogP contribution in [-0.4, -0.2) is 21.6 Å². The Kier molecular flexibility index (Phi) is 5.09. The molecule has 0 aliphatic carbocycles. The third kappa shape index (κ3) is 4.05. The highest BCUT2D eigenvalue weighted by molar-refractivity contribution is 7.99. The van der Waals surface area contributed by atoms with E-state index >= 15 is 0 Å². The van der Waals surface area contributed by atoms with Gasteiger partial charge in [-0.3, -0.25) is 4.79 Å². The van der Waals surface area contributed by atoms with Crippen LogP contribution in [0.1, 0.15) is 17.7 Å². The minimum absolute atomic E-state index is 0.0846. The summed E-state index contributed by atoms with van der Waals surface area (Å²) in [4.78, 5) is 20.0. The quantitative estimate of drug-likeness (QED) is 0.859. The van der Waals surface area contributed by atoms with E-state index in [-0.39, 0.29) is 5.91 Å². The molecule has 0 unspecified atom stereocenters. The number of anilines is 1. The zero-order valence-electron chi connectivity index (χ0n) is 10.8. The maximum atomic E-state index is 11.7. The first kappa shape index (κ1) is 14.5. The number of carbonyl (C=O) groups is 1. The zero-order chi connectivity index (χ0) is 14.4. The van der Waals surface area contributed by atoms with E-state index < -0.39 is 0 Å². The van der Waals surface area contributed by atoms with Gasteiger partial charge in [0.15, 0.2) is 5.13 Å². The molecule has 102 valence electrons. The predicted octanol–water partition coefficient (Wildman–Crippen LogP) is 2.84. The molecule has 0 spiro atoms. The van der Waals surface area contributed by atoms with Gasteiger partial charge in [0.25, 0.3) is 0 Å². The van der Waals surface area contributed by atoms with Crippen molar-refractivity contribution in [3.63, 3.8) is 0 Å². The van der Waals surface area contributed by atoms with Crippen molar-refractivity contribution in [1.82, 2.24) is 9.97 Å². The number of nitrogens with one attached hydrogen (secondary N) is 1. The van der Waals surface area contributed by atoms with Gasteiger partial charge in [-0.25, -0.2) is 9.97 Å². The van der Waals surface area contributed by atoms with Crippen LogP contribution in [0, 0.1) is 18.3 Å². The van der Waals surface area contributed by atoms with Crippen molar-refractivity contribution in [2.24, 2.45) is 0 Å². The van der Waals surface area contributed by atoms with Crippen LogP contribution in [-0.2, 0) is 4.79 Å². The number of rotatable bonds is 5. The summed E-state index contributed by atoms with van der Waals surface area (Å²) in [5.74, 6) is 0.487. The third-order valence-corrected chi connectivity index (χ3v) is 4.05. The summed E-state index contributed by atoms with van der Waals surface area (Å²) in [6, 6.07) is 5.66. The van der Waals surface area contributed by atoms with Gasteiger partial charge < -0.3 is 5.32 Å². The van der Waals surface area contributed by atoms with E-state index in [2.05, 4.69) is 21.4 Å². The number of nitrogens with zero attached hydrogens (tertiary/aromatic N) is 3. The van der Waals surface area contributed by atoms with E-state index in [0.717, 1.165) is 5.69 Å². The molecule has 0 aromatic carbocycles. The van der Waals surface area contributed by atoms with Gasteiger partial charge in [0.05, 0.1) is 5.56 Å². The van der Waals surface area contributed by atoms with Crippen LogP contribution in [0.4, 0.5) is 5.13 Å². The highest BCUT2D eigenvalue weighted by Gasteiger charge is 2.08. The first-order valence-electron chi connectivity index (χ1n) is 5.89. The fourth-order valence-corrected chi connectivity index (χ4v) is 2.94. The van der Waals surface area contributed by atoms with Gasteiger partial charge in [-0.05, 0) is 19.1 Å². The molecule has 2 aromatic rings. The monoisotopic (exact) mass is 304 g/mol. The molecule has 2 heterocycles. The van der Waals surface area contributed by atoms with E-state index in [0.29, 0.717) is 27.9 Å². The molecular weight excluding hydrogens is 292 g/mol. The van der Waals surface area contributed by atoms with Crippen LogP contribution in [0.15, 0.2) is 28.7 Å². The van der Waals surface area contributed by atoms with Gasteiger partial charge in [0.1, 0.15) is 11.1 Å². The SMILES string of the molecule is Cc1ccc(C#N)c(SCCC(=O)Nc2nccs2)n1. The summed E-state index contributed by atoms with van der Waals surface area (Å²) in [6.45, 7) is 1.88. The van der Waals surface area contributed by atoms with Crippen LogP contribution in [0.5, 0.6) is 0 Å². The minimum atomic E-state index is -0.0846. The third-order valence-electron chi connectivity index (χ3n) is 2.37. The molecule has 0 aliphatic heterocycles. The second-order valence-electron chi connectivity index (χ2n) is 3.90. The Labute approximate surface area is 125 Å². The molecule has 7 heteroatoms. The number of nitriles is 1. The average Bonchev–Trinajstić information content (AvgIpc) is 2.92. The Morgan fingerprint density at radius 2 is 2.40 bits per heavy atom. The zero-order valence-corrected chi connectivity index (χ0v) is 12.4. The minimum Gasteiger partial charge on any atom is -0.302 e.